The van der Waals surface area contributed by atoms with E-state index in [0.717, 1.165) is 24.3 Å². The van der Waals surface area contributed by atoms with Crippen LogP contribution in [0.25, 0.3) is 27.7 Å². The Hall–Kier alpha value is -4.98. The molecule has 5 aromatic rings. The molecule has 3 N–H and O–H groups in total. The Morgan fingerprint density at radius 3 is 2.37 bits per heavy atom. The van der Waals surface area contributed by atoms with Gasteiger partial charge in [0, 0.05) is 17.4 Å². The molecule has 0 aliphatic heterocycles. The van der Waals surface area contributed by atoms with Gasteiger partial charge in [0.25, 0.3) is 15.6 Å². The van der Waals surface area contributed by atoms with Gasteiger partial charge in [-0.1, -0.05) is 18.2 Å². The van der Waals surface area contributed by atoms with Crippen molar-refractivity contribution >= 4 is 32.6 Å². The maximum atomic E-state index is 13.7. The van der Waals surface area contributed by atoms with Gasteiger partial charge in [0.15, 0.2) is 0 Å². The Labute approximate surface area is 229 Å². The van der Waals surface area contributed by atoms with Gasteiger partial charge in [-0.25, -0.2) is 27.3 Å². The molecule has 0 aliphatic carbocycles. The number of rotatable bonds is 6. The summed E-state index contributed by atoms with van der Waals surface area (Å²) in [5.41, 5.74) is 4.25. The molecule has 0 atom stereocenters. The number of anilines is 2. The fourth-order valence-electron chi connectivity index (χ4n) is 4.19. The van der Waals surface area contributed by atoms with Gasteiger partial charge in [0.05, 0.1) is 29.3 Å². The van der Waals surface area contributed by atoms with Gasteiger partial charge in [-0.3, -0.25) is 9.52 Å². The van der Waals surface area contributed by atoms with Gasteiger partial charge in [-0.2, -0.15) is 13.2 Å². The van der Waals surface area contributed by atoms with Crippen LogP contribution in [0.15, 0.2) is 88.7 Å². The summed E-state index contributed by atoms with van der Waals surface area (Å²) in [6.07, 6.45) is -3.46. The summed E-state index contributed by atoms with van der Waals surface area (Å²) < 4.78 is 88.8. The number of methoxy groups -OCH3 is 1. The van der Waals surface area contributed by atoms with E-state index in [1.165, 1.54) is 61.8 Å². The first kappa shape index (κ1) is 27.6. The van der Waals surface area contributed by atoms with Crippen LogP contribution >= 0.6 is 0 Å². The molecule has 0 unspecified atom stereocenters. The van der Waals surface area contributed by atoms with Crippen molar-refractivity contribution < 1.29 is 30.7 Å². The highest BCUT2D eigenvalue weighted by molar-refractivity contribution is 7.92. The minimum atomic E-state index is -4.77. The van der Waals surface area contributed by atoms with Crippen molar-refractivity contribution in [3.8, 4) is 22.7 Å². The molecular weight excluding hydrogens is 566 g/mol. The first-order valence-corrected chi connectivity index (χ1v) is 13.2. The van der Waals surface area contributed by atoms with Gasteiger partial charge in [0.2, 0.25) is 11.8 Å². The number of ether oxygens (including phenoxy) is 1. The fraction of sp³-hybridized carbons (Fsp3) is 0.0741. The van der Waals surface area contributed by atoms with Crippen molar-refractivity contribution in [1.29, 1.82) is 0 Å². The van der Waals surface area contributed by atoms with E-state index in [4.69, 9.17) is 10.5 Å². The zero-order valence-electron chi connectivity index (χ0n) is 21.0. The largest absolute Gasteiger partial charge is 0.480 e. The highest BCUT2D eigenvalue weighted by atomic mass is 32.2. The van der Waals surface area contributed by atoms with Crippen LogP contribution in [0, 0.1) is 5.82 Å². The van der Waals surface area contributed by atoms with Crippen LogP contribution in [-0.4, -0.2) is 30.1 Å². The number of nitrogens with zero attached hydrogens (tertiary/aromatic N) is 3. The van der Waals surface area contributed by atoms with Crippen molar-refractivity contribution in [2.75, 3.05) is 17.6 Å². The Morgan fingerprint density at radius 1 is 0.976 bits per heavy atom. The fourth-order valence-corrected chi connectivity index (χ4v) is 5.39. The molecule has 3 aromatic carbocycles. The Kier molecular flexibility index (Phi) is 6.87. The average Bonchev–Trinajstić information content (AvgIpc) is 2.93. The Bertz CT molecular complexity index is 1960. The molecule has 0 amide bonds. The zero-order valence-corrected chi connectivity index (χ0v) is 21.8. The average molecular weight is 586 g/mol. The lowest BCUT2D eigenvalue weighted by molar-refractivity contribution is -0.137. The monoisotopic (exact) mass is 585 g/mol. The summed E-state index contributed by atoms with van der Waals surface area (Å²) in [4.78, 5) is 21.3. The Balaban J connectivity index is 1.64. The molecule has 0 saturated carbocycles. The summed E-state index contributed by atoms with van der Waals surface area (Å²) >= 11 is 0. The topological polar surface area (TPSA) is 129 Å². The number of halogens is 4. The maximum Gasteiger partial charge on any atom is 0.418 e. The van der Waals surface area contributed by atoms with Crippen LogP contribution in [0.4, 0.5) is 29.2 Å². The molecule has 41 heavy (non-hydrogen) atoms. The second-order valence-electron chi connectivity index (χ2n) is 8.70. The number of nitrogen functional groups attached to an aromatic ring is 1. The number of aromatic nitrogens is 3. The SMILES string of the molecule is COc1ncc(-c2ccc3nc(N)n(-c4ccccc4C(F)(F)F)c(=O)c3c2)cc1S(=O)(=O)Nc1ccc(F)cc1. The lowest BCUT2D eigenvalue weighted by atomic mass is 10.1. The minimum absolute atomic E-state index is 0.0710. The number of pyridine rings is 1. The predicted octanol–water partition coefficient (Wildman–Crippen LogP) is 5.00. The van der Waals surface area contributed by atoms with Crippen molar-refractivity contribution in [3.63, 3.8) is 0 Å². The number of sulfonamides is 1. The Morgan fingerprint density at radius 2 is 1.68 bits per heavy atom. The number of benzene rings is 3. The van der Waals surface area contributed by atoms with E-state index in [9.17, 15) is 30.8 Å². The van der Waals surface area contributed by atoms with E-state index in [-0.39, 0.29) is 32.9 Å². The number of alkyl halides is 3. The van der Waals surface area contributed by atoms with Gasteiger partial charge in [-0.05, 0) is 60.2 Å². The molecule has 0 radical (unpaired) electrons. The van der Waals surface area contributed by atoms with Crippen LogP contribution in [-0.2, 0) is 16.2 Å². The number of nitrogens with one attached hydrogen (secondary N) is 1. The summed E-state index contributed by atoms with van der Waals surface area (Å²) in [5.74, 6) is -1.23. The van der Waals surface area contributed by atoms with E-state index < -0.39 is 44.8 Å². The lowest BCUT2D eigenvalue weighted by Gasteiger charge is -2.16. The molecule has 0 fully saturated rings. The second kappa shape index (κ2) is 10.2. The summed E-state index contributed by atoms with van der Waals surface area (Å²) in [6.45, 7) is 0. The standard InChI is InChI=1S/C27H19F4N5O4S/c1-40-24-23(41(38,39)35-18-9-7-17(28)8-10-18)13-16(14-33-24)15-6-11-21-19(12-15)25(37)36(26(32)34-21)22-5-3-2-4-20(22)27(29,30)31/h2-14,35H,1H3,(H2,32,34). The number of fused-ring (bicyclic) bond motifs is 1. The molecule has 210 valence electrons. The molecule has 5 rings (SSSR count). The summed E-state index contributed by atoms with van der Waals surface area (Å²) in [5, 5.41) is -0.0710. The smallest absolute Gasteiger partial charge is 0.418 e. The van der Waals surface area contributed by atoms with E-state index in [2.05, 4.69) is 14.7 Å². The van der Waals surface area contributed by atoms with Crippen molar-refractivity contribution in [2.24, 2.45) is 0 Å². The van der Waals surface area contributed by atoms with Crippen molar-refractivity contribution in [3.05, 3.63) is 101 Å². The number of hydrogen-bond acceptors (Lipinski definition) is 7. The molecule has 2 aromatic heterocycles. The van der Waals surface area contributed by atoms with Crippen LogP contribution in [0.2, 0.25) is 0 Å². The normalized spacial score (nSPS) is 11.9. The van der Waals surface area contributed by atoms with E-state index >= 15 is 0 Å². The molecule has 9 nitrogen and oxygen atoms in total. The van der Waals surface area contributed by atoms with Gasteiger partial charge < -0.3 is 10.5 Å². The number of para-hydroxylation sites is 1. The molecular formula is C27H19F4N5O4S. The van der Waals surface area contributed by atoms with Crippen LogP contribution < -0.4 is 20.8 Å². The van der Waals surface area contributed by atoms with E-state index in [1.54, 1.807) is 0 Å². The van der Waals surface area contributed by atoms with Crippen molar-refractivity contribution in [2.45, 2.75) is 11.1 Å². The van der Waals surface area contributed by atoms with Gasteiger partial charge in [-0.15, -0.1) is 0 Å². The zero-order chi connectivity index (χ0) is 29.5. The van der Waals surface area contributed by atoms with Crippen LogP contribution in [0.1, 0.15) is 5.56 Å². The van der Waals surface area contributed by atoms with Gasteiger partial charge in [0.1, 0.15) is 10.7 Å². The molecule has 0 aliphatic rings. The third-order valence-corrected chi connectivity index (χ3v) is 7.45. The first-order chi connectivity index (χ1) is 19.4. The second-order valence-corrected chi connectivity index (χ2v) is 10.4. The molecule has 0 spiro atoms. The van der Waals surface area contributed by atoms with Gasteiger partial charge >= 0.3 is 6.18 Å². The highest BCUT2D eigenvalue weighted by Crippen LogP contribution is 2.34. The lowest BCUT2D eigenvalue weighted by Crippen LogP contribution is -2.25. The third kappa shape index (κ3) is 5.28. The predicted molar refractivity (Wildman–Crippen MR) is 144 cm³/mol. The van der Waals surface area contributed by atoms with E-state index in [0.29, 0.717) is 10.1 Å². The number of hydrogen-bond donors (Lipinski definition) is 2. The molecule has 14 heteroatoms. The molecule has 2 heterocycles. The minimum Gasteiger partial charge on any atom is -0.480 e. The quantitative estimate of drug-likeness (QED) is 0.269. The summed E-state index contributed by atoms with van der Waals surface area (Å²) in [6, 6.07) is 14.7. The van der Waals surface area contributed by atoms with Crippen LogP contribution in [0.3, 0.4) is 0 Å². The molecule has 0 saturated heterocycles. The van der Waals surface area contributed by atoms with Crippen molar-refractivity contribution in [1.82, 2.24) is 14.5 Å². The van der Waals surface area contributed by atoms with Crippen LogP contribution in [0.5, 0.6) is 5.88 Å². The summed E-state index contributed by atoms with van der Waals surface area (Å²) in [7, 11) is -3.05. The van der Waals surface area contributed by atoms with E-state index in [1.807, 2.05) is 0 Å². The first-order valence-electron chi connectivity index (χ1n) is 11.7. The third-order valence-electron chi connectivity index (χ3n) is 6.08. The highest BCUT2D eigenvalue weighted by Gasteiger charge is 2.34. The maximum absolute atomic E-state index is 13.7. The number of nitrogens with two attached hydrogens (primary N) is 1. The molecule has 0 bridgehead atoms.